The van der Waals surface area contributed by atoms with E-state index in [-0.39, 0.29) is 0 Å². The highest BCUT2D eigenvalue weighted by atomic mass is 16.6. The van der Waals surface area contributed by atoms with Gasteiger partial charge in [0.25, 0.3) is 0 Å². The Labute approximate surface area is 201 Å². The maximum absolute atomic E-state index is 12.0. The molecule has 0 aliphatic rings. The standard InChI is InChI=1S/C27H32N2O5/c1-4-29(18-8-17-28-27(30)34-23-15-13-22(31-2)14-16-23)20-21-9-7-10-24(19-21)33-26-12-6-5-11-25(26)32-3/h5-7,9-16,19H,4,8,17-18,20H2,1-3H3,(H,28,30). The zero-order chi connectivity index (χ0) is 24.2. The molecule has 0 unspecified atom stereocenters. The monoisotopic (exact) mass is 464 g/mol. The van der Waals surface area contributed by atoms with Gasteiger partial charge in [0.15, 0.2) is 11.5 Å². The van der Waals surface area contributed by atoms with Gasteiger partial charge >= 0.3 is 6.09 Å². The Balaban J connectivity index is 1.44. The molecule has 0 heterocycles. The molecule has 0 bridgehead atoms. The van der Waals surface area contributed by atoms with Crippen LogP contribution in [0.1, 0.15) is 18.9 Å². The van der Waals surface area contributed by atoms with Crippen LogP contribution in [0.3, 0.4) is 0 Å². The fraction of sp³-hybridized carbons (Fsp3) is 0.296. The number of rotatable bonds is 12. The number of ether oxygens (including phenoxy) is 4. The average molecular weight is 465 g/mol. The molecular weight excluding hydrogens is 432 g/mol. The Morgan fingerprint density at radius 2 is 1.59 bits per heavy atom. The molecule has 1 amide bonds. The SMILES string of the molecule is CCN(CCCNC(=O)Oc1ccc(OC)cc1)Cc1cccc(Oc2ccccc2OC)c1. The van der Waals surface area contributed by atoms with Crippen LogP contribution in [-0.2, 0) is 6.54 Å². The molecule has 0 atom stereocenters. The number of hydrogen-bond donors (Lipinski definition) is 1. The summed E-state index contributed by atoms with van der Waals surface area (Å²) in [6, 6.07) is 22.5. The van der Waals surface area contributed by atoms with Crippen LogP contribution in [0.15, 0.2) is 72.8 Å². The van der Waals surface area contributed by atoms with Crippen LogP contribution in [0.25, 0.3) is 0 Å². The van der Waals surface area contributed by atoms with Crippen LogP contribution < -0.4 is 24.3 Å². The van der Waals surface area contributed by atoms with Crippen molar-refractivity contribution < 1.29 is 23.7 Å². The number of para-hydroxylation sites is 2. The number of carbonyl (C=O) groups is 1. The molecule has 0 fully saturated rings. The Kier molecular flexibility index (Phi) is 9.61. The lowest BCUT2D eigenvalue weighted by molar-refractivity contribution is 0.199. The van der Waals surface area contributed by atoms with Crippen LogP contribution in [0.2, 0.25) is 0 Å². The van der Waals surface area contributed by atoms with Crippen LogP contribution >= 0.6 is 0 Å². The second kappa shape index (κ2) is 13.1. The first-order valence-corrected chi connectivity index (χ1v) is 11.3. The van der Waals surface area contributed by atoms with E-state index in [4.69, 9.17) is 18.9 Å². The summed E-state index contributed by atoms with van der Waals surface area (Å²) in [5, 5.41) is 2.80. The number of nitrogens with zero attached hydrogens (tertiary/aromatic N) is 1. The van der Waals surface area contributed by atoms with E-state index in [0.29, 0.717) is 29.5 Å². The number of benzene rings is 3. The summed E-state index contributed by atoms with van der Waals surface area (Å²) in [6.07, 6.45) is 0.345. The molecule has 0 saturated carbocycles. The van der Waals surface area contributed by atoms with Gasteiger partial charge in [-0.1, -0.05) is 31.2 Å². The molecule has 0 saturated heterocycles. The zero-order valence-corrected chi connectivity index (χ0v) is 20.0. The minimum absolute atomic E-state index is 0.464. The summed E-state index contributed by atoms with van der Waals surface area (Å²) in [7, 11) is 3.22. The first kappa shape index (κ1) is 24.9. The van der Waals surface area contributed by atoms with Gasteiger partial charge in [0.2, 0.25) is 0 Å². The number of nitrogens with one attached hydrogen (secondary N) is 1. The van der Waals surface area contributed by atoms with Crippen molar-refractivity contribution in [2.45, 2.75) is 19.9 Å². The predicted molar refractivity (Wildman–Crippen MR) is 132 cm³/mol. The Hall–Kier alpha value is -3.71. The molecule has 7 nitrogen and oxygen atoms in total. The van der Waals surface area contributed by atoms with Gasteiger partial charge in [0.05, 0.1) is 14.2 Å². The lowest BCUT2D eigenvalue weighted by Gasteiger charge is -2.21. The van der Waals surface area contributed by atoms with Gasteiger partial charge in [-0.3, -0.25) is 4.90 Å². The van der Waals surface area contributed by atoms with E-state index in [1.54, 1.807) is 38.5 Å². The van der Waals surface area contributed by atoms with Crippen molar-refractivity contribution in [3.8, 4) is 28.7 Å². The van der Waals surface area contributed by atoms with E-state index in [2.05, 4.69) is 23.2 Å². The highest BCUT2D eigenvalue weighted by Crippen LogP contribution is 2.31. The predicted octanol–water partition coefficient (Wildman–Crippen LogP) is 5.50. The summed E-state index contributed by atoms with van der Waals surface area (Å²) < 4.78 is 21.8. The Morgan fingerprint density at radius 3 is 2.29 bits per heavy atom. The van der Waals surface area contributed by atoms with Crippen molar-refractivity contribution in [3.05, 3.63) is 78.4 Å². The van der Waals surface area contributed by atoms with E-state index < -0.39 is 6.09 Å². The third kappa shape index (κ3) is 7.71. The van der Waals surface area contributed by atoms with Gasteiger partial charge in [0, 0.05) is 19.6 Å². The van der Waals surface area contributed by atoms with Crippen molar-refractivity contribution >= 4 is 6.09 Å². The fourth-order valence-electron chi connectivity index (χ4n) is 3.42. The lowest BCUT2D eigenvalue weighted by atomic mass is 10.2. The summed E-state index contributed by atoms with van der Waals surface area (Å²) in [4.78, 5) is 14.3. The number of hydrogen-bond acceptors (Lipinski definition) is 6. The van der Waals surface area contributed by atoms with Gasteiger partial charge in [0.1, 0.15) is 17.2 Å². The largest absolute Gasteiger partial charge is 0.497 e. The van der Waals surface area contributed by atoms with Gasteiger partial charge in [-0.15, -0.1) is 0 Å². The first-order chi connectivity index (χ1) is 16.6. The molecule has 34 heavy (non-hydrogen) atoms. The molecule has 0 spiro atoms. The third-order valence-electron chi connectivity index (χ3n) is 5.24. The van der Waals surface area contributed by atoms with Crippen LogP contribution in [0, 0.1) is 0 Å². The maximum Gasteiger partial charge on any atom is 0.412 e. The van der Waals surface area contributed by atoms with E-state index in [1.165, 1.54) is 0 Å². The summed E-state index contributed by atoms with van der Waals surface area (Å²) >= 11 is 0. The Bertz CT molecular complexity index is 1040. The van der Waals surface area contributed by atoms with Gasteiger partial charge in [-0.2, -0.15) is 0 Å². The fourth-order valence-corrected chi connectivity index (χ4v) is 3.42. The van der Waals surface area contributed by atoms with Crippen LogP contribution in [0.4, 0.5) is 4.79 Å². The highest BCUT2D eigenvalue weighted by Gasteiger charge is 2.09. The molecular formula is C27H32N2O5. The topological polar surface area (TPSA) is 69.3 Å². The molecule has 3 rings (SSSR count). The van der Waals surface area contributed by atoms with Crippen LogP contribution in [0.5, 0.6) is 28.7 Å². The smallest absolute Gasteiger partial charge is 0.412 e. The second-order valence-electron chi connectivity index (χ2n) is 7.61. The van der Waals surface area contributed by atoms with Crippen molar-refractivity contribution in [1.82, 2.24) is 10.2 Å². The average Bonchev–Trinajstić information content (AvgIpc) is 2.87. The molecule has 1 N–H and O–H groups in total. The van der Waals surface area contributed by atoms with Crippen molar-refractivity contribution in [2.75, 3.05) is 33.9 Å². The Morgan fingerprint density at radius 1 is 0.853 bits per heavy atom. The highest BCUT2D eigenvalue weighted by molar-refractivity contribution is 5.70. The normalized spacial score (nSPS) is 10.6. The van der Waals surface area contributed by atoms with Gasteiger partial charge < -0.3 is 24.3 Å². The molecule has 0 radical (unpaired) electrons. The summed E-state index contributed by atoms with van der Waals surface area (Å²) in [6.45, 7) is 5.18. The minimum Gasteiger partial charge on any atom is -0.497 e. The molecule has 3 aromatic carbocycles. The molecule has 3 aromatic rings. The zero-order valence-electron chi connectivity index (χ0n) is 20.0. The molecule has 180 valence electrons. The molecule has 0 aliphatic carbocycles. The second-order valence-corrected chi connectivity index (χ2v) is 7.61. The van der Waals surface area contributed by atoms with Crippen LogP contribution in [-0.4, -0.2) is 44.8 Å². The quantitative estimate of drug-likeness (QED) is 0.357. The molecule has 0 aliphatic heterocycles. The number of carbonyl (C=O) groups excluding carboxylic acids is 1. The van der Waals surface area contributed by atoms with Crippen molar-refractivity contribution in [2.24, 2.45) is 0 Å². The number of amides is 1. The summed E-state index contributed by atoms with van der Waals surface area (Å²) in [5.74, 6) is 3.33. The number of methoxy groups -OCH3 is 2. The van der Waals surface area contributed by atoms with E-state index in [0.717, 1.165) is 37.4 Å². The molecule has 7 heteroatoms. The lowest BCUT2D eigenvalue weighted by Crippen LogP contribution is -2.31. The summed E-state index contributed by atoms with van der Waals surface area (Å²) in [5.41, 5.74) is 1.15. The van der Waals surface area contributed by atoms with Crippen molar-refractivity contribution in [1.29, 1.82) is 0 Å². The maximum atomic E-state index is 12.0. The van der Waals surface area contributed by atoms with E-state index in [9.17, 15) is 4.79 Å². The van der Waals surface area contributed by atoms with E-state index in [1.807, 2.05) is 42.5 Å². The van der Waals surface area contributed by atoms with Gasteiger partial charge in [-0.25, -0.2) is 4.79 Å². The van der Waals surface area contributed by atoms with E-state index >= 15 is 0 Å². The third-order valence-corrected chi connectivity index (χ3v) is 5.24. The molecule has 0 aromatic heterocycles. The first-order valence-electron chi connectivity index (χ1n) is 11.3. The minimum atomic E-state index is -0.464. The van der Waals surface area contributed by atoms with Crippen molar-refractivity contribution in [3.63, 3.8) is 0 Å². The van der Waals surface area contributed by atoms with Gasteiger partial charge in [-0.05, 0) is 67.1 Å².